The summed E-state index contributed by atoms with van der Waals surface area (Å²) < 4.78 is 13.7. The molecular formula is C14H17FN2O2. The SMILES string of the molecule is O=C(c1c(O)cccc1F)N1C[C@@H]2CCCN[C@@H]2C1. The van der Waals surface area contributed by atoms with Gasteiger partial charge in [-0.1, -0.05) is 6.07 Å². The topological polar surface area (TPSA) is 52.6 Å². The molecule has 0 spiro atoms. The smallest absolute Gasteiger partial charge is 0.260 e. The molecule has 0 unspecified atom stereocenters. The first-order valence-corrected chi connectivity index (χ1v) is 6.67. The number of nitrogens with zero attached hydrogens (tertiary/aromatic N) is 1. The van der Waals surface area contributed by atoms with E-state index in [0.717, 1.165) is 19.4 Å². The van der Waals surface area contributed by atoms with Gasteiger partial charge in [-0.25, -0.2) is 4.39 Å². The number of piperidine rings is 1. The molecule has 2 aliphatic rings. The molecular weight excluding hydrogens is 247 g/mol. The van der Waals surface area contributed by atoms with Crippen molar-refractivity contribution in [3.63, 3.8) is 0 Å². The fraction of sp³-hybridized carbons (Fsp3) is 0.500. The highest BCUT2D eigenvalue weighted by atomic mass is 19.1. The van der Waals surface area contributed by atoms with Gasteiger partial charge in [0.05, 0.1) is 0 Å². The number of amides is 1. The van der Waals surface area contributed by atoms with Gasteiger partial charge in [0.1, 0.15) is 17.1 Å². The van der Waals surface area contributed by atoms with Crippen molar-refractivity contribution in [2.45, 2.75) is 18.9 Å². The molecule has 2 N–H and O–H groups in total. The molecule has 2 fully saturated rings. The highest BCUT2D eigenvalue weighted by molar-refractivity contribution is 5.97. The molecule has 1 aromatic carbocycles. The van der Waals surface area contributed by atoms with Crippen LogP contribution in [0.4, 0.5) is 4.39 Å². The Bertz CT molecular complexity index is 472. The van der Waals surface area contributed by atoms with Crippen LogP contribution in [0.1, 0.15) is 23.2 Å². The number of aromatic hydroxyl groups is 1. The van der Waals surface area contributed by atoms with Crippen LogP contribution in [0.25, 0.3) is 0 Å². The fourth-order valence-corrected chi connectivity index (χ4v) is 3.10. The van der Waals surface area contributed by atoms with E-state index in [1.54, 1.807) is 4.90 Å². The number of halogens is 1. The predicted octanol–water partition coefficient (Wildman–Crippen LogP) is 1.36. The molecule has 2 atom stereocenters. The van der Waals surface area contributed by atoms with Crippen LogP contribution in [0, 0.1) is 11.7 Å². The number of fused-ring (bicyclic) bond motifs is 1. The Labute approximate surface area is 111 Å². The summed E-state index contributed by atoms with van der Waals surface area (Å²) in [4.78, 5) is 14.0. The number of likely N-dealkylation sites (tertiary alicyclic amines) is 1. The maximum Gasteiger partial charge on any atom is 0.260 e. The van der Waals surface area contributed by atoms with E-state index >= 15 is 0 Å². The van der Waals surface area contributed by atoms with E-state index in [9.17, 15) is 14.3 Å². The van der Waals surface area contributed by atoms with Crippen molar-refractivity contribution >= 4 is 5.91 Å². The Balaban J connectivity index is 1.81. The number of carbonyl (C=O) groups excluding carboxylic acids is 1. The van der Waals surface area contributed by atoms with Crippen molar-refractivity contribution in [1.82, 2.24) is 10.2 Å². The number of hydrogen-bond acceptors (Lipinski definition) is 3. The van der Waals surface area contributed by atoms with Crippen LogP contribution < -0.4 is 5.32 Å². The minimum atomic E-state index is -0.659. The first kappa shape index (κ1) is 12.4. The van der Waals surface area contributed by atoms with Crippen molar-refractivity contribution in [3.8, 4) is 5.75 Å². The Hall–Kier alpha value is -1.62. The van der Waals surface area contributed by atoms with E-state index in [-0.39, 0.29) is 11.3 Å². The molecule has 1 amide bonds. The molecule has 0 aliphatic carbocycles. The summed E-state index contributed by atoms with van der Waals surface area (Å²) >= 11 is 0. The molecule has 5 heteroatoms. The fourth-order valence-electron chi connectivity index (χ4n) is 3.10. The molecule has 1 aromatic rings. The zero-order valence-electron chi connectivity index (χ0n) is 10.6. The van der Waals surface area contributed by atoms with Gasteiger partial charge in [0.25, 0.3) is 5.91 Å². The van der Waals surface area contributed by atoms with E-state index in [1.807, 2.05) is 0 Å². The predicted molar refractivity (Wildman–Crippen MR) is 68.5 cm³/mol. The Morgan fingerprint density at radius 3 is 3.00 bits per heavy atom. The molecule has 2 saturated heterocycles. The lowest BCUT2D eigenvalue weighted by molar-refractivity contribution is 0.0777. The van der Waals surface area contributed by atoms with E-state index in [0.29, 0.717) is 25.0 Å². The third-order valence-electron chi connectivity index (χ3n) is 4.09. The lowest BCUT2D eigenvalue weighted by Crippen LogP contribution is -2.41. The summed E-state index contributed by atoms with van der Waals surface area (Å²) in [6.45, 7) is 2.22. The van der Waals surface area contributed by atoms with Gasteiger partial charge in [0.2, 0.25) is 0 Å². The Morgan fingerprint density at radius 1 is 1.42 bits per heavy atom. The maximum atomic E-state index is 13.7. The monoisotopic (exact) mass is 264 g/mol. The van der Waals surface area contributed by atoms with Crippen LogP contribution in [0.15, 0.2) is 18.2 Å². The lowest BCUT2D eigenvalue weighted by Gasteiger charge is -2.24. The van der Waals surface area contributed by atoms with Gasteiger partial charge in [-0.3, -0.25) is 4.79 Å². The third kappa shape index (κ3) is 2.18. The normalized spacial score (nSPS) is 26.3. The van der Waals surface area contributed by atoms with E-state index in [2.05, 4.69) is 5.32 Å². The van der Waals surface area contributed by atoms with Gasteiger partial charge in [0, 0.05) is 19.1 Å². The van der Waals surface area contributed by atoms with Gasteiger partial charge >= 0.3 is 0 Å². The molecule has 2 aliphatic heterocycles. The number of benzene rings is 1. The third-order valence-corrected chi connectivity index (χ3v) is 4.09. The largest absolute Gasteiger partial charge is 0.507 e. The van der Waals surface area contributed by atoms with Gasteiger partial charge in [-0.05, 0) is 37.4 Å². The molecule has 3 rings (SSSR count). The summed E-state index contributed by atoms with van der Waals surface area (Å²) in [5.41, 5.74) is -0.207. The molecule has 0 aromatic heterocycles. The number of hydrogen-bond donors (Lipinski definition) is 2. The summed E-state index contributed by atoms with van der Waals surface area (Å²) in [6, 6.07) is 4.25. The van der Waals surface area contributed by atoms with Crippen LogP contribution in [0.3, 0.4) is 0 Å². The minimum Gasteiger partial charge on any atom is -0.507 e. The van der Waals surface area contributed by atoms with E-state index in [4.69, 9.17) is 0 Å². The van der Waals surface area contributed by atoms with Crippen LogP contribution in [0.2, 0.25) is 0 Å². The summed E-state index contributed by atoms with van der Waals surface area (Å²) in [5, 5.41) is 13.1. The van der Waals surface area contributed by atoms with Crippen LogP contribution in [-0.4, -0.2) is 41.6 Å². The Morgan fingerprint density at radius 2 is 2.26 bits per heavy atom. The van der Waals surface area contributed by atoms with Crippen LogP contribution >= 0.6 is 0 Å². The summed E-state index contributed by atoms with van der Waals surface area (Å²) in [6.07, 6.45) is 2.22. The highest BCUT2D eigenvalue weighted by Crippen LogP contribution is 2.28. The van der Waals surface area contributed by atoms with Crippen molar-refractivity contribution < 1.29 is 14.3 Å². The molecule has 19 heavy (non-hydrogen) atoms. The average molecular weight is 264 g/mol. The lowest BCUT2D eigenvalue weighted by atomic mass is 9.94. The van der Waals surface area contributed by atoms with Crippen LogP contribution in [-0.2, 0) is 0 Å². The van der Waals surface area contributed by atoms with Gasteiger partial charge in [0.15, 0.2) is 0 Å². The second-order valence-electron chi connectivity index (χ2n) is 5.31. The van der Waals surface area contributed by atoms with Crippen LogP contribution in [0.5, 0.6) is 5.75 Å². The number of nitrogens with one attached hydrogen (secondary N) is 1. The second kappa shape index (κ2) is 4.81. The quantitative estimate of drug-likeness (QED) is 0.805. The minimum absolute atomic E-state index is 0.207. The van der Waals surface area contributed by atoms with E-state index < -0.39 is 11.7 Å². The molecule has 102 valence electrons. The summed E-state index contributed by atoms with van der Waals surface area (Å²) in [5.74, 6) is -0.904. The first-order chi connectivity index (χ1) is 9.16. The van der Waals surface area contributed by atoms with Gasteiger partial charge in [-0.15, -0.1) is 0 Å². The first-order valence-electron chi connectivity index (χ1n) is 6.67. The molecule has 4 nitrogen and oxygen atoms in total. The second-order valence-corrected chi connectivity index (χ2v) is 5.31. The van der Waals surface area contributed by atoms with Gasteiger partial charge < -0.3 is 15.3 Å². The number of carbonyl (C=O) groups is 1. The van der Waals surface area contributed by atoms with Crippen molar-refractivity contribution in [3.05, 3.63) is 29.6 Å². The zero-order chi connectivity index (χ0) is 13.4. The highest BCUT2D eigenvalue weighted by Gasteiger charge is 2.37. The molecule has 0 saturated carbocycles. The molecule has 0 radical (unpaired) electrons. The van der Waals surface area contributed by atoms with Gasteiger partial charge in [-0.2, -0.15) is 0 Å². The number of phenols is 1. The maximum absolute atomic E-state index is 13.7. The standard InChI is InChI=1S/C14H17FN2O2/c15-10-4-1-5-12(18)13(10)14(19)17-7-9-3-2-6-16-11(9)8-17/h1,4-5,9,11,16,18H,2-3,6-8H2/t9-,11+/m0/s1. The summed E-state index contributed by atoms with van der Waals surface area (Å²) in [7, 11) is 0. The van der Waals surface area contributed by atoms with Crippen molar-refractivity contribution in [1.29, 1.82) is 0 Å². The van der Waals surface area contributed by atoms with Crippen molar-refractivity contribution in [2.24, 2.45) is 5.92 Å². The number of rotatable bonds is 1. The Kier molecular flexibility index (Phi) is 3.14. The zero-order valence-corrected chi connectivity index (χ0v) is 10.6. The molecule has 0 bridgehead atoms. The molecule has 2 heterocycles. The number of phenolic OH excluding ortho intramolecular Hbond substituents is 1. The average Bonchev–Trinajstić information content (AvgIpc) is 2.82. The van der Waals surface area contributed by atoms with E-state index in [1.165, 1.54) is 18.2 Å². The van der Waals surface area contributed by atoms with Crippen molar-refractivity contribution in [2.75, 3.05) is 19.6 Å².